The third kappa shape index (κ3) is 8.58. The van der Waals surface area contributed by atoms with Crippen LogP contribution in [0.4, 0.5) is 10.5 Å². The molecule has 13 nitrogen and oxygen atoms in total. The van der Waals surface area contributed by atoms with Gasteiger partial charge in [0.15, 0.2) is 0 Å². The number of nitrogens with one attached hydrogen (secondary N) is 4. The predicted molar refractivity (Wildman–Crippen MR) is 212 cm³/mol. The number of likely N-dealkylation sites (tertiary alicyclic amines) is 2. The summed E-state index contributed by atoms with van der Waals surface area (Å²) in [6.07, 6.45) is 9.67. The molecule has 2 saturated heterocycles. The van der Waals surface area contributed by atoms with E-state index in [4.69, 9.17) is 14.7 Å². The highest BCUT2D eigenvalue weighted by molar-refractivity contribution is 5.85. The smallest absolute Gasteiger partial charge is 0.405 e. The molecule has 2 amide bonds. The van der Waals surface area contributed by atoms with Gasteiger partial charge in [0.1, 0.15) is 17.7 Å². The van der Waals surface area contributed by atoms with Gasteiger partial charge in [0.05, 0.1) is 53.7 Å². The molecule has 2 aliphatic heterocycles. The van der Waals surface area contributed by atoms with Crippen LogP contribution in [0, 0.1) is 5.92 Å². The fourth-order valence-electron chi connectivity index (χ4n) is 7.87. The van der Waals surface area contributed by atoms with Crippen LogP contribution in [0.15, 0.2) is 85.5 Å². The highest BCUT2D eigenvalue weighted by Gasteiger charge is 2.37. The minimum atomic E-state index is -1.05. The van der Waals surface area contributed by atoms with E-state index in [2.05, 4.69) is 92.9 Å². The number of hydrogen-bond donors (Lipinski definition) is 5. The van der Waals surface area contributed by atoms with Gasteiger partial charge < -0.3 is 35.3 Å². The summed E-state index contributed by atoms with van der Waals surface area (Å²) in [5, 5.41) is 15.4. The van der Waals surface area contributed by atoms with Crippen molar-refractivity contribution in [3.63, 3.8) is 0 Å². The van der Waals surface area contributed by atoms with E-state index in [-0.39, 0.29) is 42.1 Å². The molecule has 288 valence electrons. The molecule has 0 radical (unpaired) electrons. The topological polar surface area (TPSA) is 164 Å². The summed E-state index contributed by atoms with van der Waals surface area (Å²) in [6, 6.07) is 20.0. The number of ether oxygens (including phenoxy) is 1. The molecule has 5 atom stereocenters. The number of aromatic amines is 2. The van der Waals surface area contributed by atoms with Crippen molar-refractivity contribution in [2.75, 3.05) is 32.1 Å². The van der Waals surface area contributed by atoms with E-state index in [1.165, 1.54) is 0 Å². The Morgan fingerprint density at radius 1 is 0.836 bits per heavy atom. The minimum absolute atomic E-state index is 0.0802. The van der Waals surface area contributed by atoms with Crippen LogP contribution < -0.4 is 10.6 Å². The maximum atomic E-state index is 13.9. The second-order valence-corrected chi connectivity index (χ2v) is 15.0. The fourth-order valence-corrected chi connectivity index (χ4v) is 7.87. The average molecular weight is 746 g/mol. The summed E-state index contributed by atoms with van der Waals surface area (Å²) in [4.78, 5) is 50.3. The summed E-state index contributed by atoms with van der Waals surface area (Å²) < 4.78 is 5.45. The number of anilines is 1. The summed E-state index contributed by atoms with van der Waals surface area (Å²) in [5.41, 5.74) is 6.97. The Labute approximate surface area is 322 Å². The highest BCUT2D eigenvalue weighted by atomic mass is 16.5. The summed E-state index contributed by atoms with van der Waals surface area (Å²) >= 11 is 0. The lowest BCUT2D eigenvalue weighted by Gasteiger charge is -2.30. The Bertz CT molecular complexity index is 2030. The largest absolute Gasteiger partial charge is 0.465 e. The predicted octanol–water partition coefficient (Wildman–Crippen LogP) is 7.14. The number of pyridine rings is 1. The Kier molecular flexibility index (Phi) is 11.6. The normalized spacial score (nSPS) is 19.0. The molecule has 0 unspecified atom stereocenters. The summed E-state index contributed by atoms with van der Waals surface area (Å²) in [6.45, 7) is 8.12. The van der Waals surface area contributed by atoms with E-state index < -0.39 is 6.09 Å². The third-order valence-electron chi connectivity index (χ3n) is 11.0. The lowest BCUT2D eigenvalue weighted by atomic mass is 10.0. The number of carbonyl (C=O) groups is 2. The molecule has 0 bridgehead atoms. The maximum absolute atomic E-state index is 13.9. The van der Waals surface area contributed by atoms with Gasteiger partial charge in [-0.2, -0.15) is 0 Å². The minimum Gasteiger partial charge on any atom is -0.465 e. The zero-order chi connectivity index (χ0) is 38.5. The zero-order valence-corrected chi connectivity index (χ0v) is 31.9. The number of methoxy groups -OCH3 is 1. The molecule has 2 fully saturated rings. The van der Waals surface area contributed by atoms with Gasteiger partial charge in [0.25, 0.3) is 0 Å². The number of amides is 2. The summed E-state index contributed by atoms with van der Waals surface area (Å²) in [7, 11) is 1.60. The van der Waals surface area contributed by atoms with Crippen LogP contribution in [0.3, 0.4) is 0 Å². The van der Waals surface area contributed by atoms with Gasteiger partial charge in [-0.15, -0.1) is 0 Å². The van der Waals surface area contributed by atoms with Crippen molar-refractivity contribution in [1.82, 2.24) is 40.0 Å². The van der Waals surface area contributed by atoms with Crippen molar-refractivity contribution in [1.29, 1.82) is 0 Å². The van der Waals surface area contributed by atoms with Crippen LogP contribution in [0.5, 0.6) is 0 Å². The van der Waals surface area contributed by atoms with Gasteiger partial charge in [-0.1, -0.05) is 62.4 Å². The third-order valence-corrected chi connectivity index (χ3v) is 11.0. The van der Waals surface area contributed by atoms with Crippen LogP contribution >= 0.6 is 0 Å². The van der Waals surface area contributed by atoms with E-state index in [1.807, 2.05) is 36.4 Å². The second-order valence-electron chi connectivity index (χ2n) is 15.0. The van der Waals surface area contributed by atoms with Crippen molar-refractivity contribution in [3.8, 4) is 33.6 Å². The number of aromatic nitrogens is 5. The molecule has 5 N–H and O–H groups in total. The van der Waals surface area contributed by atoms with Crippen molar-refractivity contribution in [2.24, 2.45) is 5.92 Å². The van der Waals surface area contributed by atoms with Crippen molar-refractivity contribution >= 4 is 17.7 Å². The number of carboxylic acid groups (broad SMARTS) is 1. The lowest BCUT2D eigenvalue weighted by molar-refractivity contribution is -0.134. The van der Waals surface area contributed by atoms with E-state index in [9.17, 15) is 14.7 Å². The number of imidazole rings is 2. The number of nitrogens with zero attached hydrogens (tertiary/aromatic N) is 5. The molecule has 0 saturated carbocycles. The lowest BCUT2D eigenvalue weighted by Crippen LogP contribution is -2.49. The molecule has 7 rings (SSSR count). The number of rotatable bonds is 14. The second kappa shape index (κ2) is 16.9. The summed E-state index contributed by atoms with van der Waals surface area (Å²) in [5.74, 6) is 1.88. The van der Waals surface area contributed by atoms with Gasteiger partial charge in [0, 0.05) is 32.6 Å². The molecular weight excluding hydrogens is 695 g/mol. The molecule has 2 aliphatic rings. The Morgan fingerprint density at radius 3 is 1.98 bits per heavy atom. The SMILES string of the molecule is CO[C@H](C)[C@H](CN1CCC[C@H]1c1ncc(-c2ccc(-c3ccc(-c4cnc([C@@H]5CCCN5C(=O)[C@@H](Nc5cccnc5)C(C)C)[nH]4)cc3)cc2)[nH]1)NC(=O)O. The molecular formula is C42H51N9O4. The van der Waals surface area contributed by atoms with Gasteiger partial charge in [-0.3, -0.25) is 14.7 Å². The maximum Gasteiger partial charge on any atom is 0.405 e. The fraction of sp³-hybridized carbons (Fsp3) is 0.405. The first-order valence-electron chi connectivity index (χ1n) is 19.2. The van der Waals surface area contributed by atoms with Crippen molar-refractivity contribution in [2.45, 2.75) is 76.7 Å². The van der Waals surface area contributed by atoms with Crippen molar-refractivity contribution < 1.29 is 19.4 Å². The van der Waals surface area contributed by atoms with Gasteiger partial charge in [-0.05, 0) is 79.5 Å². The van der Waals surface area contributed by atoms with Crippen LogP contribution in [0.25, 0.3) is 33.6 Å². The zero-order valence-electron chi connectivity index (χ0n) is 31.9. The molecule has 3 aromatic heterocycles. The van der Waals surface area contributed by atoms with Gasteiger partial charge >= 0.3 is 6.09 Å². The number of carbonyl (C=O) groups excluding carboxylic acids is 1. The molecule has 55 heavy (non-hydrogen) atoms. The Hall–Kier alpha value is -5.53. The molecule has 5 aromatic rings. The van der Waals surface area contributed by atoms with E-state index in [1.54, 1.807) is 19.5 Å². The van der Waals surface area contributed by atoms with Crippen LogP contribution in [-0.2, 0) is 9.53 Å². The first-order valence-corrected chi connectivity index (χ1v) is 19.2. The molecule has 0 spiro atoms. The Morgan fingerprint density at radius 2 is 1.42 bits per heavy atom. The van der Waals surface area contributed by atoms with Gasteiger partial charge in [0.2, 0.25) is 5.91 Å². The standard InChI is InChI=1S/C42H51N9O4/c1-26(2)38(46-32-8-5-19-43-22-32)41(52)51-21-7-10-37(51)40-45-24-34(48-40)31-17-13-29(14-18-31)28-11-15-30(16-12-28)33-23-44-39(47-33)36-9-6-20-50(36)25-35(27(3)55-4)49-42(53)54/h5,8,11-19,22-24,26-27,35-38,46,49H,6-7,9-10,20-21,25H2,1-4H3,(H,44,47)(H,45,48)(H,53,54)/t27-,35+,36+,37+,38+/m1/s1. The van der Waals surface area contributed by atoms with Crippen molar-refractivity contribution in [3.05, 3.63) is 97.1 Å². The van der Waals surface area contributed by atoms with Crippen LogP contribution in [-0.4, -0.2) is 96.8 Å². The number of benzene rings is 2. The highest BCUT2D eigenvalue weighted by Crippen LogP contribution is 2.35. The molecule has 5 heterocycles. The average Bonchev–Trinajstić information content (AvgIpc) is 4.04. The number of hydrogen-bond acceptors (Lipinski definition) is 8. The van der Waals surface area contributed by atoms with E-state index in [0.717, 1.165) is 83.2 Å². The molecule has 0 aliphatic carbocycles. The van der Waals surface area contributed by atoms with Crippen LogP contribution in [0.1, 0.15) is 70.2 Å². The number of H-pyrrole nitrogens is 2. The first kappa shape index (κ1) is 37.8. The van der Waals surface area contributed by atoms with Crippen LogP contribution in [0.2, 0.25) is 0 Å². The monoisotopic (exact) mass is 745 g/mol. The molecule has 2 aromatic carbocycles. The quantitative estimate of drug-likeness (QED) is 0.0795. The van der Waals surface area contributed by atoms with Gasteiger partial charge in [-0.25, -0.2) is 14.8 Å². The van der Waals surface area contributed by atoms with E-state index in [0.29, 0.717) is 13.1 Å². The first-order chi connectivity index (χ1) is 26.7. The van der Waals surface area contributed by atoms with E-state index >= 15 is 0 Å². The molecule has 13 heteroatoms. The Balaban J connectivity index is 0.990.